The predicted molar refractivity (Wildman–Crippen MR) is 70.5 cm³/mol. The van der Waals surface area contributed by atoms with Gasteiger partial charge in [0.05, 0.1) is 11.0 Å². The van der Waals surface area contributed by atoms with Gasteiger partial charge in [0.2, 0.25) is 5.79 Å². The van der Waals surface area contributed by atoms with E-state index >= 15 is 0 Å². The second-order valence-corrected chi connectivity index (χ2v) is 7.64. The Labute approximate surface area is 119 Å². The standard InChI is InChI=1S/C15H24O5/c1-4-12(2,3)11(16)19-15-7-10-5-13(17,9-15)8-14(18,6-10)20-15/h10,17-18H,4-9H2,1-3H3. The second kappa shape index (κ2) is 3.96. The fourth-order valence-corrected chi connectivity index (χ4v) is 4.06. The monoisotopic (exact) mass is 284 g/mol. The summed E-state index contributed by atoms with van der Waals surface area (Å²) in [7, 11) is 0. The Hall–Kier alpha value is -0.650. The molecule has 0 aromatic heterocycles. The maximum absolute atomic E-state index is 12.3. The lowest BCUT2D eigenvalue weighted by Gasteiger charge is -2.61. The molecule has 4 atom stereocenters. The molecule has 4 bridgehead atoms. The average molecular weight is 284 g/mol. The number of hydrogen-bond donors (Lipinski definition) is 2. The van der Waals surface area contributed by atoms with Gasteiger partial charge < -0.3 is 19.7 Å². The first-order valence-electron chi connectivity index (χ1n) is 7.48. The summed E-state index contributed by atoms with van der Waals surface area (Å²) in [6.45, 7) is 5.60. The van der Waals surface area contributed by atoms with E-state index in [-0.39, 0.29) is 24.7 Å². The highest BCUT2D eigenvalue weighted by Gasteiger charge is 2.66. The van der Waals surface area contributed by atoms with Gasteiger partial charge in [0.1, 0.15) is 0 Å². The Morgan fingerprint density at radius 3 is 2.55 bits per heavy atom. The zero-order valence-corrected chi connectivity index (χ0v) is 12.4. The topological polar surface area (TPSA) is 76.0 Å². The lowest BCUT2D eigenvalue weighted by molar-refractivity contribution is -0.434. The predicted octanol–water partition coefficient (Wildman–Crippen LogP) is 1.71. The van der Waals surface area contributed by atoms with E-state index in [9.17, 15) is 15.0 Å². The Balaban J connectivity index is 1.84. The molecule has 2 aliphatic carbocycles. The second-order valence-electron chi connectivity index (χ2n) is 7.64. The van der Waals surface area contributed by atoms with Gasteiger partial charge in [-0.3, -0.25) is 4.79 Å². The summed E-state index contributed by atoms with van der Waals surface area (Å²) in [5, 5.41) is 21.0. The summed E-state index contributed by atoms with van der Waals surface area (Å²) < 4.78 is 11.4. The molecule has 114 valence electrons. The summed E-state index contributed by atoms with van der Waals surface area (Å²) >= 11 is 0. The first kappa shape index (κ1) is 14.3. The van der Waals surface area contributed by atoms with Crippen LogP contribution in [0.5, 0.6) is 0 Å². The van der Waals surface area contributed by atoms with Gasteiger partial charge in [-0.1, -0.05) is 6.92 Å². The minimum absolute atomic E-state index is 0.152. The van der Waals surface area contributed by atoms with E-state index in [2.05, 4.69) is 0 Å². The van der Waals surface area contributed by atoms with Gasteiger partial charge in [-0.25, -0.2) is 0 Å². The van der Waals surface area contributed by atoms with E-state index in [0.29, 0.717) is 25.7 Å². The molecule has 5 heteroatoms. The van der Waals surface area contributed by atoms with E-state index in [4.69, 9.17) is 9.47 Å². The molecule has 0 radical (unpaired) electrons. The van der Waals surface area contributed by atoms with Crippen molar-refractivity contribution in [3.8, 4) is 0 Å². The molecule has 0 amide bonds. The molecule has 0 aromatic rings. The van der Waals surface area contributed by atoms with Gasteiger partial charge in [-0.05, 0) is 32.6 Å². The third-order valence-corrected chi connectivity index (χ3v) is 5.17. The molecular weight excluding hydrogens is 260 g/mol. The fourth-order valence-electron chi connectivity index (χ4n) is 4.06. The Morgan fingerprint density at radius 2 is 2.00 bits per heavy atom. The first-order valence-corrected chi connectivity index (χ1v) is 7.48. The Bertz CT molecular complexity index is 426. The van der Waals surface area contributed by atoms with Crippen LogP contribution in [0.4, 0.5) is 0 Å². The highest BCUT2D eigenvalue weighted by atomic mass is 16.8. The first-order chi connectivity index (χ1) is 9.10. The van der Waals surface area contributed by atoms with Gasteiger partial charge in [-0.2, -0.15) is 0 Å². The maximum Gasteiger partial charge on any atom is 0.314 e. The number of ether oxygens (including phenoxy) is 2. The summed E-state index contributed by atoms with van der Waals surface area (Å²) in [6, 6.07) is 0. The molecule has 2 aliphatic heterocycles. The van der Waals surface area contributed by atoms with Crippen molar-refractivity contribution in [2.75, 3.05) is 0 Å². The maximum atomic E-state index is 12.3. The van der Waals surface area contributed by atoms with Crippen LogP contribution in [0.3, 0.4) is 0 Å². The van der Waals surface area contributed by atoms with Crippen molar-refractivity contribution in [3.63, 3.8) is 0 Å². The van der Waals surface area contributed by atoms with E-state index in [0.717, 1.165) is 0 Å². The van der Waals surface area contributed by atoms with Crippen LogP contribution in [0.1, 0.15) is 59.3 Å². The van der Waals surface area contributed by atoms with Crippen LogP contribution in [-0.4, -0.2) is 33.4 Å². The molecular formula is C15H24O5. The lowest BCUT2D eigenvalue weighted by atomic mass is 9.62. The number of hydrogen-bond acceptors (Lipinski definition) is 5. The third-order valence-electron chi connectivity index (χ3n) is 5.17. The van der Waals surface area contributed by atoms with E-state index in [1.807, 2.05) is 20.8 Å². The van der Waals surface area contributed by atoms with Crippen LogP contribution >= 0.6 is 0 Å². The van der Waals surface area contributed by atoms with E-state index < -0.39 is 22.6 Å². The van der Waals surface area contributed by atoms with Crippen molar-refractivity contribution in [3.05, 3.63) is 0 Å². The SMILES string of the molecule is CCC(C)(C)C(=O)OC12CC3CC(O)(CC(O)(C3)O1)C2. The number of carbonyl (C=O) groups is 1. The molecule has 2 N–H and O–H groups in total. The van der Waals surface area contributed by atoms with Crippen LogP contribution in [0.2, 0.25) is 0 Å². The van der Waals surface area contributed by atoms with Crippen molar-refractivity contribution in [2.24, 2.45) is 11.3 Å². The Kier molecular flexibility index (Phi) is 2.83. The van der Waals surface area contributed by atoms with Crippen molar-refractivity contribution >= 4 is 5.97 Å². The average Bonchev–Trinajstić information content (AvgIpc) is 2.22. The number of esters is 1. The molecule has 4 rings (SSSR count). The highest BCUT2D eigenvalue weighted by Crippen LogP contribution is 2.59. The molecule has 2 saturated heterocycles. The van der Waals surface area contributed by atoms with Crippen molar-refractivity contribution in [1.82, 2.24) is 0 Å². The zero-order chi connectivity index (χ0) is 14.8. The molecule has 4 aliphatic rings. The number of carbonyl (C=O) groups excluding carboxylic acids is 1. The highest BCUT2D eigenvalue weighted by molar-refractivity contribution is 5.76. The third kappa shape index (κ3) is 2.16. The van der Waals surface area contributed by atoms with Crippen molar-refractivity contribution in [1.29, 1.82) is 0 Å². The van der Waals surface area contributed by atoms with E-state index in [1.54, 1.807) is 0 Å². The Morgan fingerprint density at radius 1 is 1.30 bits per heavy atom. The number of aliphatic hydroxyl groups is 2. The fraction of sp³-hybridized carbons (Fsp3) is 0.933. The minimum atomic E-state index is -1.34. The zero-order valence-electron chi connectivity index (χ0n) is 12.4. The van der Waals surface area contributed by atoms with Crippen LogP contribution in [0, 0.1) is 11.3 Å². The normalized spacial score (nSPS) is 46.5. The van der Waals surface area contributed by atoms with Crippen molar-refractivity contribution in [2.45, 2.75) is 76.5 Å². The molecule has 4 unspecified atom stereocenters. The minimum Gasteiger partial charge on any atom is -0.432 e. The van der Waals surface area contributed by atoms with E-state index in [1.165, 1.54) is 0 Å². The van der Waals surface area contributed by atoms with Gasteiger partial charge in [0.15, 0.2) is 5.79 Å². The quantitative estimate of drug-likeness (QED) is 0.772. The molecule has 2 heterocycles. The van der Waals surface area contributed by atoms with Crippen LogP contribution in [-0.2, 0) is 14.3 Å². The van der Waals surface area contributed by atoms with Gasteiger partial charge in [0.25, 0.3) is 0 Å². The summed E-state index contributed by atoms with van der Waals surface area (Å²) in [5.41, 5.74) is -1.55. The molecule has 2 saturated carbocycles. The molecule has 4 fully saturated rings. The van der Waals surface area contributed by atoms with Gasteiger partial charge in [-0.15, -0.1) is 0 Å². The molecule has 5 nitrogen and oxygen atoms in total. The molecule has 0 aromatic carbocycles. The van der Waals surface area contributed by atoms with Gasteiger partial charge in [0, 0.05) is 25.7 Å². The van der Waals surface area contributed by atoms with Crippen LogP contribution in [0.25, 0.3) is 0 Å². The lowest BCUT2D eigenvalue weighted by Crippen LogP contribution is -2.69. The van der Waals surface area contributed by atoms with Crippen molar-refractivity contribution < 1.29 is 24.5 Å². The summed E-state index contributed by atoms with van der Waals surface area (Å²) in [5.74, 6) is -2.66. The van der Waals surface area contributed by atoms with Crippen LogP contribution < -0.4 is 0 Å². The largest absolute Gasteiger partial charge is 0.432 e. The van der Waals surface area contributed by atoms with Crippen LogP contribution in [0.15, 0.2) is 0 Å². The summed E-state index contributed by atoms with van der Waals surface area (Å²) in [4.78, 5) is 12.3. The molecule has 20 heavy (non-hydrogen) atoms. The molecule has 0 spiro atoms. The smallest absolute Gasteiger partial charge is 0.314 e. The summed E-state index contributed by atoms with van der Waals surface area (Å²) in [6.07, 6.45) is 2.90. The van der Waals surface area contributed by atoms with Gasteiger partial charge >= 0.3 is 5.97 Å². The number of rotatable bonds is 3.